The van der Waals surface area contributed by atoms with E-state index in [0.29, 0.717) is 12.1 Å². The number of aliphatic hydroxyl groups excluding tert-OH is 1. The molecule has 0 saturated heterocycles. The molecule has 0 aromatic carbocycles. The van der Waals surface area contributed by atoms with Crippen LogP contribution in [0.15, 0.2) is 0 Å². The molecule has 1 unspecified atom stereocenters. The topological polar surface area (TPSA) is 58.3 Å². The van der Waals surface area contributed by atoms with Crippen molar-refractivity contribution in [3.05, 3.63) is 0 Å². The molecule has 0 radical (unpaired) electrons. The Balaban J connectivity index is 2.15. The first kappa shape index (κ1) is 8.54. The Morgan fingerprint density at radius 1 is 1.64 bits per heavy atom. The van der Waals surface area contributed by atoms with Crippen LogP contribution in [-0.4, -0.2) is 23.4 Å². The summed E-state index contributed by atoms with van der Waals surface area (Å²) in [6, 6.07) is 0.676. The molecule has 1 atom stereocenters. The number of rotatable bonds is 2. The van der Waals surface area contributed by atoms with Crippen molar-refractivity contribution in [3.8, 4) is 11.8 Å². The zero-order valence-corrected chi connectivity index (χ0v) is 6.67. The maximum Gasteiger partial charge on any atom is 0.168 e. The highest BCUT2D eigenvalue weighted by atomic mass is 16.3. The second kappa shape index (κ2) is 3.72. The van der Waals surface area contributed by atoms with E-state index < -0.39 is 6.23 Å². The quantitative estimate of drug-likeness (QED) is 0.368. The van der Waals surface area contributed by atoms with Crippen LogP contribution in [0.2, 0.25) is 0 Å². The van der Waals surface area contributed by atoms with Crippen molar-refractivity contribution in [3.63, 3.8) is 0 Å². The molecule has 11 heavy (non-hydrogen) atoms. The van der Waals surface area contributed by atoms with Gasteiger partial charge in [0.1, 0.15) is 0 Å². The van der Waals surface area contributed by atoms with E-state index in [-0.39, 0.29) is 0 Å². The van der Waals surface area contributed by atoms with Gasteiger partial charge in [0.25, 0.3) is 0 Å². The van der Waals surface area contributed by atoms with Gasteiger partial charge in [0.2, 0.25) is 0 Å². The summed E-state index contributed by atoms with van der Waals surface area (Å²) < 4.78 is 0. The molecule has 62 valence electrons. The van der Waals surface area contributed by atoms with Gasteiger partial charge >= 0.3 is 0 Å². The zero-order chi connectivity index (χ0) is 8.27. The molecule has 0 aromatic heterocycles. The summed E-state index contributed by atoms with van der Waals surface area (Å²) in [6.45, 7) is 1.71. The van der Waals surface area contributed by atoms with Gasteiger partial charge in [-0.25, -0.2) is 0 Å². The Hall–Kier alpha value is -0.560. The fourth-order valence-corrected chi connectivity index (χ4v) is 1.20. The van der Waals surface area contributed by atoms with Crippen LogP contribution in [0.5, 0.6) is 0 Å². The smallest absolute Gasteiger partial charge is 0.168 e. The molecule has 1 aliphatic rings. The first-order valence-corrected chi connectivity index (χ1v) is 3.84. The van der Waals surface area contributed by atoms with Crippen LogP contribution in [0.4, 0.5) is 0 Å². The summed E-state index contributed by atoms with van der Waals surface area (Å²) in [6.07, 6.45) is 1.21. The minimum atomic E-state index is -0.683. The average Bonchev–Trinajstić information content (AvgIpc) is 1.85. The fraction of sp³-hybridized carbons (Fsp3) is 0.750. The summed E-state index contributed by atoms with van der Waals surface area (Å²) >= 11 is 0. The van der Waals surface area contributed by atoms with Crippen LogP contribution < -0.4 is 11.1 Å². The molecule has 0 aliphatic heterocycles. The van der Waals surface area contributed by atoms with Crippen molar-refractivity contribution in [2.45, 2.75) is 38.1 Å². The molecule has 0 spiro atoms. The standard InChI is InChI=1S/C8H14N2O/c1-2-3-8(11)10-7-4-6(9)5-7/h6-8,10-11H,4-5,9H2,1H3. The first-order chi connectivity index (χ1) is 5.22. The van der Waals surface area contributed by atoms with E-state index in [1.165, 1.54) is 0 Å². The molecule has 1 rings (SSSR count). The molecule has 4 N–H and O–H groups in total. The van der Waals surface area contributed by atoms with E-state index >= 15 is 0 Å². The predicted octanol–water partition coefficient (Wildman–Crippen LogP) is -0.593. The van der Waals surface area contributed by atoms with E-state index in [2.05, 4.69) is 17.2 Å². The molecular formula is C8H14N2O. The van der Waals surface area contributed by atoms with Gasteiger partial charge in [-0.2, -0.15) is 0 Å². The Labute approximate surface area is 67.0 Å². The average molecular weight is 154 g/mol. The van der Waals surface area contributed by atoms with E-state index in [0.717, 1.165) is 12.8 Å². The van der Waals surface area contributed by atoms with Crippen molar-refractivity contribution in [2.75, 3.05) is 0 Å². The van der Waals surface area contributed by atoms with Crippen LogP contribution in [0.1, 0.15) is 19.8 Å². The monoisotopic (exact) mass is 154 g/mol. The van der Waals surface area contributed by atoms with Crippen molar-refractivity contribution in [1.82, 2.24) is 5.32 Å². The number of aliphatic hydroxyl groups is 1. The van der Waals surface area contributed by atoms with E-state index in [9.17, 15) is 0 Å². The summed E-state index contributed by atoms with van der Waals surface area (Å²) in [7, 11) is 0. The van der Waals surface area contributed by atoms with Crippen LogP contribution in [0, 0.1) is 11.8 Å². The van der Waals surface area contributed by atoms with Gasteiger partial charge in [-0.3, -0.25) is 5.32 Å². The molecule has 0 bridgehead atoms. The van der Waals surface area contributed by atoms with Gasteiger partial charge in [0.15, 0.2) is 6.23 Å². The summed E-state index contributed by atoms with van der Waals surface area (Å²) in [5.41, 5.74) is 5.56. The third-order valence-electron chi connectivity index (χ3n) is 1.85. The van der Waals surface area contributed by atoms with E-state index in [4.69, 9.17) is 10.8 Å². The van der Waals surface area contributed by atoms with Crippen LogP contribution in [-0.2, 0) is 0 Å². The molecule has 0 heterocycles. The van der Waals surface area contributed by atoms with Crippen LogP contribution >= 0.6 is 0 Å². The normalized spacial score (nSPS) is 31.5. The van der Waals surface area contributed by atoms with Crippen LogP contribution in [0.3, 0.4) is 0 Å². The minimum Gasteiger partial charge on any atom is -0.367 e. The number of hydrogen-bond donors (Lipinski definition) is 3. The van der Waals surface area contributed by atoms with Crippen molar-refractivity contribution >= 4 is 0 Å². The highest BCUT2D eigenvalue weighted by molar-refractivity contribution is 5.02. The molecule has 1 aliphatic carbocycles. The number of hydrogen-bond acceptors (Lipinski definition) is 3. The molecule has 3 nitrogen and oxygen atoms in total. The fourth-order valence-electron chi connectivity index (χ4n) is 1.20. The maximum absolute atomic E-state index is 9.15. The Kier molecular flexibility index (Phi) is 2.89. The largest absolute Gasteiger partial charge is 0.367 e. The van der Waals surface area contributed by atoms with E-state index in [1.807, 2.05) is 0 Å². The van der Waals surface area contributed by atoms with Crippen LogP contribution in [0.25, 0.3) is 0 Å². The lowest BCUT2D eigenvalue weighted by Gasteiger charge is -2.33. The summed E-state index contributed by atoms with van der Waals surface area (Å²) in [5.74, 6) is 5.25. The SMILES string of the molecule is CC#CC(O)NC1CC(N)C1. The van der Waals surface area contributed by atoms with Crippen molar-refractivity contribution < 1.29 is 5.11 Å². The predicted molar refractivity (Wildman–Crippen MR) is 43.6 cm³/mol. The molecular weight excluding hydrogens is 140 g/mol. The summed E-state index contributed by atoms with van der Waals surface area (Å²) in [4.78, 5) is 0. The lowest BCUT2D eigenvalue weighted by molar-refractivity contribution is 0.143. The summed E-state index contributed by atoms with van der Waals surface area (Å²) in [5, 5.41) is 12.1. The Morgan fingerprint density at radius 2 is 2.27 bits per heavy atom. The minimum absolute atomic E-state index is 0.314. The molecule has 0 amide bonds. The van der Waals surface area contributed by atoms with Gasteiger partial charge in [0, 0.05) is 12.1 Å². The van der Waals surface area contributed by atoms with Gasteiger partial charge in [0.05, 0.1) is 0 Å². The lowest BCUT2D eigenvalue weighted by Crippen LogP contribution is -2.51. The molecule has 0 aromatic rings. The highest BCUT2D eigenvalue weighted by Gasteiger charge is 2.26. The number of nitrogens with one attached hydrogen (secondary N) is 1. The molecule has 1 fully saturated rings. The Morgan fingerprint density at radius 3 is 2.73 bits per heavy atom. The maximum atomic E-state index is 9.15. The van der Waals surface area contributed by atoms with Crippen molar-refractivity contribution in [1.29, 1.82) is 0 Å². The number of nitrogens with two attached hydrogens (primary N) is 1. The molecule has 1 saturated carbocycles. The zero-order valence-electron chi connectivity index (χ0n) is 6.67. The second-order valence-corrected chi connectivity index (χ2v) is 2.89. The van der Waals surface area contributed by atoms with Gasteiger partial charge < -0.3 is 10.8 Å². The third-order valence-corrected chi connectivity index (χ3v) is 1.85. The lowest BCUT2D eigenvalue weighted by atomic mass is 9.87. The van der Waals surface area contributed by atoms with Gasteiger partial charge in [-0.05, 0) is 19.8 Å². The van der Waals surface area contributed by atoms with E-state index in [1.54, 1.807) is 6.92 Å². The van der Waals surface area contributed by atoms with Gasteiger partial charge in [-0.1, -0.05) is 5.92 Å². The Bertz CT molecular complexity index is 176. The third kappa shape index (κ3) is 2.51. The second-order valence-electron chi connectivity index (χ2n) is 2.89. The highest BCUT2D eigenvalue weighted by Crippen LogP contribution is 2.17. The van der Waals surface area contributed by atoms with Gasteiger partial charge in [-0.15, -0.1) is 5.92 Å². The first-order valence-electron chi connectivity index (χ1n) is 3.84. The molecule has 3 heteroatoms. The van der Waals surface area contributed by atoms with Crippen molar-refractivity contribution in [2.24, 2.45) is 5.73 Å².